The topological polar surface area (TPSA) is 92.8 Å². The van der Waals surface area contributed by atoms with Crippen LogP contribution in [0.25, 0.3) is 21.8 Å². The van der Waals surface area contributed by atoms with Crippen LogP contribution >= 0.6 is 0 Å². The van der Waals surface area contributed by atoms with Gasteiger partial charge in [-0.3, -0.25) is 13.9 Å². The number of aromatic nitrogens is 3. The number of benzene rings is 2. The molecule has 0 aliphatic rings. The summed E-state index contributed by atoms with van der Waals surface area (Å²) >= 11 is 0. The van der Waals surface area contributed by atoms with Gasteiger partial charge in [0.05, 0.1) is 5.52 Å². The summed E-state index contributed by atoms with van der Waals surface area (Å²) in [6.45, 7) is 0. The van der Waals surface area contributed by atoms with Crippen LogP contribution in [-0.2, 0) is 14.1 Å². The molecule has 1 N–H and O–H groups in total. The minimum atomic E-state index is -0.683. The molecule has 0 amide bonds. The first-order valence-corrected chi connectivity index (χ1v) is 7.89. The summed E-state index contributed by atoms with van der Waals surface area (Å²) in [5, 5.41) is 11.4. The number of hydrogen-bond donors (Lipinski definition) is 1. The lowest BCUT2D eigenvalue weighted by atomic mass is 10.1. The minimum absolute atomic E-state index is 0.0731. The lowest BCUT2D eigenvalue weighted by molar-refractivity contribution is 0.422. The van der Waals surface area contributed by atoms with Gasteiger partial charge in [0, 0.05) is 36.5 Å². The summed E-state index contributed by atoms with van der Waals surface area (Å²) in [5.41, 5.74) is 0.397. The molecular formula is C19H14N4O3. The van der Waals surface area contributed by atoms with Crippen molar-refractivity contribution in [3.8, 4) is 17.7 Å². The highest BCUT2D eigenvalue weighted by molar-refractivity contribution is 6.07. The number of ether oxygens (including phenoxy) is 1. The van der Waals surface area contributed by atoms with Crippen LogP contribution in [0, 0.1) is 11.3 Å². The molecular weight excluding hydrogens is 332 g/mol. The van der Waals surface area contributed by atoms with E-state index >= 15 is 0 Å². The molecule has 0 bridgehead atoms. The Morgan fingerprint density at radius 1 is 1.00 bits per heavy atom. The second kappa shape index (κ2) is 5.63. The summed E-state index contributed by atoms with van der Waals surface area (Å²) in [6, 6.07) is 15.2. The normalized spacial score (nSPS) is 11.0. The van der Waals surface area contributed by atoms with Gasteiger partial charge < -0.3 is 9.72 Å². The van der Waals surface area contributed by atoms with Crippen molar-refractivity contribution in [3.63, 3.8) is 0 Å². The van der Waals surface area contributed by atoms with Crippen molar-refractivity contribution in [1.29, 1.82) is 5.26 Å². The lowest BCUT2D eigenvalue weighted by Gasteiger charge is -2.12. The second-order valence-corrected chi connectivity index (χ2v) is 5.98. The number of hydrogen-bond acceptors (Lipinski definition) is 4. The van der Waals surface area contributed by atoms with Crippen LogP contribution in [0.4, 0.5) is 0 Å². The molecule has 7 heteroatoms. The Morgan fingerprint density at radius 3 is 2.50 bits per heavy atom. The van der Waals surface area contributed by atoms with Crippen LogP contribution in [0.3, 0.4) is 0 Å². The molecule has 0 saturated carbocycles. The quantitative estimate of drug-likeness (QED) is 0.603. The first-order valence-electron chi connectivity index (χ1n) is 7.89. The maximum Gasteiger partial charge on any atom is 0.333 e. The average Bonchev–Trinajstić information content (AvgIpc) is 3.02. The van der Waals surface area contributed by atoms with Crippen molar-refractivity contribution in [1.82, 2.24) is 14.1 Å². The van der Waals surface area contributed by atoms with E-state index in [9.17, 15) is 14.9 Å². The Bertz CT molecular complexity index is 1340. The van der Waals surface area contributed by atoms with Crippen LogP contribution in [0.15, 0.2) is 52.1 Å². The summed E-state index contributed by atoms with van der Waals surface area (Å²) in [6.07, 6.45) is 0. The van der Waals surface area contributed by atoms with Gasteiger partial charge in [0.25, 0.3) is 5.56 Å². The van der Waals surface area contributed by atoms with E-state index in [-0.39, 0.29) is 11.4 Å². The van der Waals surface area contributed by atoms with Gasteiger partial charge in [0.1, 0.15) is 11.8 Å². The fourth-order valence-corrected chi connectivity index (χ4v) is 3.05. The number of fused-ring (bicyclic) bond motifs is 3. The summed E-state index contributed by atoms with van der Waals surface area (Å²) in [7, 11) is 2.78. The van der Waals surface area contributed by atoms with Gasteiger partial charge in [-0.2, -0.15) is 5.26 Å². The molecule has 128 valence electrons. The van der Waals surface area contributed by atoms with Crippen molar-refractivity contribution in [2.75, 3.05) is 0 Å². The molecule has 0 fully saturated rings. The Morgan fingerprint density at radius 2 is 1.73 bits per heavy atom. The summed E-state index contributed by atoms with van der Waals surface area (Å²) in [5.74, 6) is 0.347. The molecule has 0 saturated heterocycles. The van der Waals surface area contributed by atoms with Crippen LogP contribution in [-0.4, -0.2) is 14.1 Å². The number of nitriles is 1. The molecule has 2 heterocycles. The first kappa shape index (κ1) is 15.7. The smallest absolute Gasteiger partial charge is 0.333 e. The van der Waals surface area contributed by atoms with Crippen molar-refractivity contribution >= 4 is 21.8 Å². The number of H-pyrrole nitrogens is 1. The number of nitrogens with zero attached hydrogens (tertiary/aromatic N) is 3. The number of rotatable bonds is 2. The van der Waals surface area contributed by atoms with Gasteiger partial charge in [-0.15, -0.1) is 0 Å². The molecule has 0 radical (unpaired) electrons. The predicted octanol–water partition coefficient (Wildman–Crippen LogP) is 2.38. The molecule has 4 rings (SSSR count). The Hall–Kier alpha value is -3.79. The summed E-state index contributed by atoms with van der Waals surface area (Å²) in [4.78, 5) is 27.6. The largest absolute Gasteiger partial charge is 0.439 e. The maximum atomic E-state index is 12.2. The molecule has 0 aliphatic carbocycles. The molecule has 26 heavy (non-hydrogen) atoms. The van der Waals surface area contributed by atoms with E-state index < -0.39 is 11.2 Å². The fraction of sp³-hybridized carbons (Fsp3) is 0.105. The maximum absolute atomic E-state index is 12.2. The van der Waals surface area contributed by atoms with Crippen molar-refractivity contribution < 1.29 is 4.74 Å². The van der Waals surface area contributed by atoms with Gasteiger partial charge in [-0.05, 0) is 18.2 Å². The highest BCUT2D eigenvalue weighted by Crippen LogP contribution is 2.30. The highest BCUT2D eigenvalue weighted by atomic mass is 16.5. The third kappa shape index (κ3) is 2.20. The number of para-hydroxylation sites is 1. The van der Waals surface area contributed by atoms with Crippen LogP contribution < -0.4 is 16.0 Å². The van der Waals surface area contributed by atoms with E-state index in [0.29, 0.717) is 5.75 Å². The van der Waals surface area contributed by atoms with Gasteiger partial charge in [-0.1, -0.05) is 18.2 Å². The van der Waals surface area contributed by atoms with E-state index in [2.05, 4.69) is 4.98 Å². The average molecular weight is 346 g/mol. The van der Waals surface area contributed by atoms with Gasteiger partial charge in [0.2, 0.25) is 5.88 Å². The van der Waals surface area contributed by atoms with Crippen molar-refractivity contribution in [2.45, 2.75) is 0 Å². The SMILES string of the molecule is Cn1c(Oc2ccc3c(c2)[nH]c2ccccc23)c(C#N)c(=O)n(C)c1=O. The Balaban J connectivity index is 1.88. The molecule has 4 aromatic rings. The van der Waals surface area contributed by atoms with E-state index in [0.717, 1.165) is 30.9 Å². The molecule has 0 aliphatic heterocycles. The zero-order valence-electron chi connectivity index (χ0n) is 14.1. The zero-order chi connectivity index (χ0) is 18.4. The van der Waals surface area contributed by atoms with E-state index in [1.165, 1.54) is 14.1 Å². The Labute approximate surface area is 147 Å². The van der Waals surface area contributed by atoms with E-state index in [1.54, 1.807) is 12.1 Å². The minimum Gasteiger partial charge on any atom is -0.439 e. The molecule has 2 aromatic carbocycles. The van der Waals surface area contributed by atoms with Gasteiger partial charge >= 0.3 is 5.69 Å². The third-order valence-electron chi connectivity index (χ3n) is 4.41. The lowest BCUT2D eigenvalue weighted by Crippen LogP contribution is -2.38. The van der Waals surface area contributed by atoms with Crippen LogP contribution in [0.2, 0.25) is 0 Å². The third-order valence-corrected chi connectivity index (χ3v) is 4.41. The zero-order valence-corrected chi connectivity index (χ0v) is 14.1. The predicted molar refractivity (Wildman–Crippen MR) is 97.5 cm³/mol. The molecule has 0 spiro atoms. The van der Waals surface area contributed by atoms with E-state index in [4.69, 9.17) is 4.74 Å². The van der Waals surface area contributed by atoms with Crippen molar-refractivity contribution in [3.05, 3.63) is 68.9 Å². The monoisotopic (exact) mass is 346 g/mol. The summed E-state index contributed by atoms with van der Waals surface area (Å²) < 4.78 is 7.79. The Kier molecular flexibility index (Phi) is 3.41. The highest BCUT2D eigenvalue weighted by Gasteiger charge is 2.18. The van der Waals surface area contributed by atoms with Crippen molar-refractivity contribution in [2.24, 2.45) is 14.1 Å². The number of aromatic amines is 1. The molecule has 7 nitrogen and oxygen atoms in total. The second-order valence-electron chi connectivity index (χ2n) is 5.98. The first-order chi connectivity index (χ1) is 12.5. The molecule has 0 unspecified atom stereocenters. The van der Waals surface area contributed by atoms with E-state index in [1.807, 2.05) is 36.4 Å². The van der Waals surface area contributed by atoms with Gasteiger partial charge in [-0.25, -0.2) is 4.79 Å². The van der Waals surface area contributed by atoms with Crippen LogP contribution in [0.1, 0.15) is 5.56 Å². The van der Waals surface area contributed by atoms with Gasteiger partial charge in [0.15, 0.2) is 5.56 Å². The molecule has 2 aromatic heterocycles. The number of nitrogens with one attached hydrogen (secondary N) is 1. The fourth-order valence-electron chi connectivity index (χ4n) is 3.05. The van der Waals surface area contributed by atoms with Crippen LogP contribution in [0.5, 0.6) is 11.6 Å². The molecule has 0 atom stereocenters. The standard InChI is InChI=1S/C19H14N4O3/c1-22-17(24)14(10-20)18(23(2)19(22)25)26-11-7-8-13-12-5-3-4-6-15(12)21-16(13)9-11/h3-9,21H,1-2H3.